The van der Waals surface area contributed by atoms with Crippen LogP contribution in [-0.2, 0) is 26.1 Å². The predicted molar refractivity (Wildman–Crippen MR) is 131 cm³/mol. The number of morpholine rings is 1. The molecule has 0 atom stereocenters. The quantitative estimate of drug-likeness (QED) is 0.545. The van der Waals surface area contributed by atoms with E-state index in [-0.39, 0.29) is 18.9 Å². The summed E-state index contributed by atoms with van der Waals surface area (Å²) in [7, 11) is -2.04. The Morgan fingerprint density at radius 3 is 2.48 bits per heavy atom. The normalized spacial score (nSPS) is 14.1. The summed E-state index contributed by atoms with van der Waals surface area (Å²) in [6.45, 7) is 3.82. The largest absolute Gasteiger partial charge is 0.495 e. The number of ether oxygens (including phenoxy) is 2. The van der Waals surface area contributed by atoms with Crippen molar-refractivity contribution >= 4 is 38.9 Å². The van der Waals surface area contributed by atoms with E-state index in [4.69, 9.17) is 21.1 Å². The van der Waals surface area contributed by atoms with Crippen molar-refractivity contribution in [1.29, 1.82) is 0 Å². The van der Waals surface area contributed by atoms with Crippen molar-refractivity contribution in [2.24, 2.45) is 0 Å². The summed E-state index contributed by atoms with van der Waals surface area (Å²) in [6.07, 6.45) is 1.71. The van der Waals surface area contributed by atoms with E-state index in [1.54, 1.807) is 18.2 Å². The number of hydrogen-bond donors (Lipinski definition) is 1. The number of halogens is 1. The highest BCUT2D eigenvalue weighted by atomic mass is 35.5. The van der Waals surface area contributed by atoms with Crippen LogP contribution in [0.5, 0.6) is 5.75 Å². The molecule has 1 aliphatic heterocycles. The number of carbonyl (C=O) groups is 1. The number of nitrogens with one attached hydrogen (secondary N) is 1. The maximum atomic E-state index is 12.3. The molecule has 1 fully saturated rings. The Balaban J connectivity index is 1.48. The molecule has 8 nitrogen and oxygen atoms in total. The number of nitrogens with zero attached hydrogens (tertiary/aromatic N) is 2. The average Bonchev–Trinajstić information content (AvgIpc) is 2.80. The molecule has 1 N–H and O–H groups in total. The van der Waals surface area contributed by atoms with Gasteiger partial charge in [-0.05, 0) is 42.3 Å². The summed E-state index contributed by atoms with van der Waals surface area (Å²) in [5.41, 5.74) is 2.59. The molecular formula is C23H30ClN3O5S. The van der Waals surface area contributed by atoms with E-state index in [9.17, 15) is 13.2 Å². The molecule has 3 rings (SSSR count). The second-order valence-corrected chi connectivity index (χ2v) is 10.1. The van der Waals surface area contributed by atoms with Crippen LogP contribution in [0.2, 0.25) is 5.02 Å². The van der Waals surface area contributed by atoms with E-state index < -0.39 is 10.0 Å². The summed E-state index contributed by atoms with van der Waals surface area (Å²) in [5.74, 6) is 0.333. The van der Waals surface area contributed by atoms with Crippen molar-refractivity contribution in [2.75, 3.05) is 55.4 Å². The molecule has 2 aromatic carbocycles. The molecule has 2 aromatic rings. The number of hydrogen-bond acceptors (Lipinski definition) is 6. The van der Waals surface area contributed by atoms with Gasteiger partial charge in [0, 0.05) is 38.3 Å². The number of amides is 1. The molecule has 0 aliphatic carbocycles. The third-order valence-corrected chi connectivity index (χ3v) is 6.88. The van der Waals surface area contributed by atoms with Gasteiger partial charge < -0.3 is 19.7 Å². The van der Waals surface area contributed by atoms with Gasteiger partial charge in [0.25, 0.3) is 0 Å². The van der Waals surface area contributed by atoms with Gasteiger partial charge >= 0.3 is 0 Å². The smallest absolute Gasteiger partial charge is 0.232 e. The third-order valence-electron chi connectivity index (χ3n) is 5.39. The van der Waals surface area contributed by atoms with Crippen LogP contribution in [0, 0.1) is 0 Å². The maximum Gasteiger partial charge on any atom is 0.232 e. The Labute approximate surface area is 200 Å². The van der Waals surface area contributed by atoms with E-state index in [0.29, 0.717) is 29.4 Å². The van der Waals surface area contributed by atoms with Gasteiger partial charge in [0.15, 0.2) is 0 Å². The summed E-state index contributed by atoms with van der Waals surface area (Å²) in [5, 5.41) is 3.22. The molecule has 33 heavy (non-hydrogen) atoms. The molecule has 1 heterocycles. The fraction of sp³-hybridized carbons (Fsp3) is 0.435. The zero-order valence-electron chi connectivity index (χ0n) is 18.9. The summed E-state index contributed by atoms with van der Waals surface area (Å²) in [6, 6.07) is 12.9. The first-order valence-electron chi connectivity index (χ1n) is 10.8. The lowest BCUT2D eigenvalue weighted by Gasteiger charge is -2.28. The SMILES string of the molecule is COc1ccc(N(CCCC(=O)NCc2ccc(N3CCOCC3)cc2)S(C)(=O)=O)cc1Cl. The van der Waals surface area contributed by atoms with Crippen LogP contribution in [0.15, 0.2) is 42.5 Å². The first kappa shape index (κ1) is 25.1. The predicted octanol–water partition coefficient (Wildman–Crippen LogP) is 3.05. The monoisotopic (exact) mass is 495 g/mol. The van der Waals surface area contributed by atoms with Crippen LogP contribution in [0.1, 0.15) is 18.4 Å². The van der Waals surface area contributed by atoms with Crippen molar-refractivity contribution in [1.82, 2.24) is 5.32 Å². The van der Waals surface area contributed by atoms with Crippen LogP contribution < -0.4 is 19.3 Å². The highest BCUT2D eigenvalue weighted by molar-refractivity contribution is 7.92. The molecule has 180 valence electrons. The second-order valence-electron chi connectivity index (χ2n) is 7.80. The lowest BCUT2D eigenvalue weighted by Crippen LogP contribution is -2.36. The van der Waals surface area contributed by atoms with Gasteiger partial charge in [0.05, 0.1) is 37.3 Å². The Morgan fingerprint density at radius 2 is 1.88 bits per heavy atom. The zero-order chi connectivity index (χ0) is 23.8. The van der Waals surface area contributed by atoms with Crippen molar-refractivity contribution in [3.05, 3.63) is 53.1 Å². The van der Waals surface area contributed by atoms with Gasteiger partial charge in [0.1, 0.15) is 5.75 Å². The fourth-order valence-corrected chi connectivity index (χ4v) is 4.82. The van der Waals surface area contributed by atoms with E-state index >= 15 is 0 Å². The Hall–Kier alpha value is -2.49. The fourth-order valence-electron chi connectivity index (χ4n) is 3.62. The Morgan fingerprint density at radius 1 is 1.18 bits per heavy atom. The highest BCUT2D eigenvalue weighted by Crippen LogP contribution is 2.30. The van der Waals surface area contributed by atoms with Gasteiger partial charge in [-0.1, -0.05) is 23.7 Å². The second kappa shape index (κ2) is 11.6. The van der Waals surface area contributed by atoms with Gasteiger partial charge in [-0.25, -0.2) is 8.42 Å². The topological polar surface area (TPSA) is 88.2 Å². The molecule has 0 saturated carbocycles. The van der Waals surface area contributed by atoms with Crippen molar-refractivity contribution < 1.29 is 22.7 Å². The van der Waals surface area contributed by atoms with Crippen molar-refractivity contribution in [3.63, 3.8) is 0 Å². The minimum absolute atomic E-state index is 0.131. The highest BCUT2D eigenvalue weighted by Gasteiger charge is 2.19. The first-order chi connectivity index (χ1) is 15.8. The lowest BCUT2D eigenvalue weighted by atomic mass is 10.2. The van der Waals surface area contributed by atoms with Crippen LogP contribution in [0.25, 0.3) is 0 Å². The molecule has 1 amide bonds. The first-order valence-corrected chi connectivity index (χ1v) is 13.0. The Bertz CT molecular complexity index is 1040. The maximum absolute atomic E-state index is 12.3. The minimum atomic E-state index is -3.53. The standard InChI is InChI=1S/C23H30ClN3O5S/c1-31-22-10-9-20(16-21(22)24)27(33(2,29)30)11-3-4-23(28)25-17-18-5-7-19(8-6-18)26-12-14-32-15-13-26/h5-10,16H,3-4,11-15,17H2,1-2H3,(H,25,28). The van der Waals surface area contributed by atoms with Gasteiger partial charge in [-0.3, -0.25) is 9.10 Å². The number of anilines is 2. The molecule has 0 unspecified atom stereocenters. The summed E-state index contributed by atoms with van der Waals surface area (Å²) >= 11 is 6.14. The number of carbonyl (C=O) groups excluding carboxylic acids is 1. The van der Waals surface area contributed by atoms with E-state index in [0.717, 1.165) is 43.8 Å². The van der Waals surface area contributed by atoms with Crippen LogP contribution in [0.4, 0.5) is 11.4 Å². The average molecular weight is 496 g/mol. The van der Waals surface area contributed by atoms with Crippen molar-refractivity contribution in [3.8, 4) is 5.75 Å². The number of rotatable bonds is 10. The molecule has 0 radical (unpaired) electrons. The molecule has 1 saturated heterocycles. The number of methoxy groups -OCH3 is 1. The summed E-state index contributed by atoms with van der Waals surface area (Å²) < 4.78 is 36.3. The molecule has 0 bridgehead atoms. The van der Waals surface area contributed by atoms with Gasteiger partial charge in [-0.15, -0.1) is 0 Å². The van der Waals surface area contributed by atoms with Crippen molar-refractivity contribution in [2.45, 2.75) is 19.4 Å². The molecule has 1 aliphatic rings. The Kier molecular flexibility index (Phi) is 8.82. The molecule has 0 aromatic heterocycles. The van der Waals surface area contributed by atoms with Gasteiger partial charge in [-0.2, -0.15) is 0 Å². The van der Waals surface area contributed by atoms with E-state index in [1.807, 2.05) is 12.1 Å². The minimum Gasteiger partial charge on any atom is -0.495 e. The van der Waals surface area contributed by atoms with Gasteiger partial charge in [0.2, 0.25) is 15.9 Å². The van der Waals surface area contributed by atoms with Crippen LogP contribution in [0.3, 0.4) is 0 Å². The van der Waals surface area contributed by atoms with E-state index in [2.05, 4.69) is 22.3 Å². The molecule has 10 heteroatoms. The van der Waals surface area contributed by atoms with Crippen LogP contribution in [-0.4, -0.2) is 60.5 Å². The van der Waals surface area contributed by atoms with Crippen LogP contribution >= 0.6 is 11.6 Å². The number of benzene rings is 2. The summed E-state index contributed by atoms with van der Waals surface area (Å²) in [4.78, 5) is 14.6. The zero-order valence-corrected chi connectivity index (χ0v) is 20.5. The molecular weight excluding hydrogens is 466 g/mol. The number of sulfonamides is 1. The lowest BCUT2D eigenvalue weighted by molar-refractivity contribution is -0.121. The van der Waals surface area contributed by atoms with E-state index in [1.165, 1.54) is 11.4 Å². The third kappa shape index (κ3) is 7.25. The molecule has 0 spiro atoms.